The summed E-state index contributed by atoms with van der Waals surface area (Å²) >= 11 is 5.71. The van der Waals surface area contributed by atoms with Crippen LogP contribution in [0.15, 0.2) is 42.5 Å². The highest BCUT2D eigenvalue weighted by Crippen LogP contribution is 2.32. The molecular weight excluding hydrogens is 442 g/mol. The van der Waals surface area contributed by atoms with Crippen molar-refractivity contribution >= 4 is 35.1 Å². The summed E-state index contributed by atoms with van der Waals surface area (Å²) in [4.78, 5) is 49.9. The molecule has 9 heteroatoms. The van der Waals surface area contributed by atoms with E-state index in [1.165, 1.54) is 30.3 Å². The maximum Gasteiger partial charge on any atom is 0.330 e. The van der Waals surface area contributed by atoms with Crippen LogP contribution in [0.4, 0.5) is 8.78 Å². The van der Waals surface area contributed by atoms with Crippen molar-refractivity contribution < 1.29 is 30.7 Å². The molecule has 6 nitrogen and oxygen atoms in total. The van der Waals surface area contributed by atoms with Gasteiger partial charge in [-0.05, 0) is 42.1 Å². The van der Waals surface area contributed by atoms with Crippen LogP contribution in [0.25, 0.3) is 0 Å². The lowest BCUT2D eigenvalue weighted by Gasteiger charge is -2.29. The first-order valence-corrected chi connectivity index (χ1v) is 10.2. The minimum absolute atomic E-state index is 0.0840. The number of aryl methyl sites for hydroxylation is 1. The number of carbonyl (C=O) groups excluding carboxylic acids is 4. The number of nitrogens with one attached hydrogen (secondary N) is 1. The highest BCUT2D eigenvalue weighted by molar-refractivity contribution is 6.30. The van der Waals surface area contributed by atoms with Gasteiger partial charge in [-0.3, -0.25) is 24.5 Å². The molecule has 2 aliphatic rings. The van der Waals surface area contributed by atoms with Crippen molar-refractivity contribution in [1.29, 1.82) is 0 Å². The summed E-state index contributed by atoms with van der Waals surface area (Å²) in [5.41, 5.74) is 0.350. The Labute approximate surface area is 190 Å². The molecule has 0 radical (unpaired) electrons. The number of imide groups is 1. The van der Waals surface area contributed by atoms with Crippen LogP contribution in [0, 0.1) is 0 Å². The molecule has 0 aromatic heterocycles. The van der Waals surface area contributed by atoms with E-state index in [-0.39, 0.29) is 35.5 Å². The van der Waals surface area contributed by atoms with E-state index in [1.807, 2.05) is 0 Å². The van der Waals surface area contributed by atoms with Crippen LogP contribution in [0.3, 0.4) is 0 Å². The van der Waals surface area contributed by atoms with Gasteiger partial charge in [0.25, 0.3) is 5.91 Å². The Morgan fingerprint density at radius 3 is 2.62 bits per heavy atom. The average Bonchev–Trinajstić information content (AvgIpc) is 3.13. The van der Waals surface area contributed by atoms with Gasteiger partial charge < -0.3 is 4.90 Å². The first-order chi connectivity index (χ1) is 15.9. The lowest BCUT2D eigenvalue weighted by atomic mass is 9.97. The molecule has 4 rings (SSSR count). The van der Waals surface area contributed by atoms with Crippen molar-refractivity contribution in [2.45, 2.75) is 44.1 Å². The molecule has 166 valence electrons. The maximum atomic E-state index is 14.6. The number of hydrogen-bond acceptors (Lipinski definition) is 4. The van der Waals surface area contributed by atoms with Crippen LogP contribution in [0.2, 0.25) is 5.02 Å². The normalized spacial score (nSPS) is 22.7. The Hall–Kier alpha value is -3.13. The molecule has 0 aliphatic carbocycles. The highest BCUT2D eigenvalue weighted by atomic mass is 35.5. The van der Waals surface area contributed by atoms with E-state index in [1.54, 1.807) is 0 Å². The lowest BCUT2D eigenvalue weighted by molar-refractivity contribution is -0.144. The lowest BCUT2D eigenvalue weighted by Crippen LogP contribution is -2.52. The standard InChI is InChI=1S/C23H19ClF2N2O4/c24-16-5-3-15(4-6-16)23(25,26)19(29)9-2-13-1-7-17-14(11-13)12-28(22(17)32)18-8-10-20(30)27-21(18)31/h1,3-7,11,18H,2,8-10,12H2,(H,27,30,31)/t18-/m1/s1/i2D,18D/t2?,18-. The largest absolute Gasteiger partial charge is 0.330 e. The summed E-state index contributed by atoms with van der Waals surface area (Å²) in [6.45, 7) is -0.116. The van der Waals surface area contributed by atoms with Gasteiger partial charge in [0.15, 0.2) is 0 Å². The topological polar surface area (TPSA) is 83.6 Å². The third kappa shape index (κ3) is 4.14. The Morgan fingerprint density at radius 1 is 1.22 bits per heavy atom. The number of rotatable bonds is 6. The van der Waals surface area contributed by atoms with E-state index in [0.29, 0.717) is 5.56 Å². The van der Waals surface area contributed by atoms with Gasteiger partial charge in [0.1, 0.15) is 6.02 Å². The number of fused-ring (bicyclic) bond motifs is 1. The van der Waals surface area contributed by atoms with Gasteiger partial charge in [0, 0.05) is 36.9 Å². The van der Waals surface area contributed by atoms with Crippen LogP contribution in [-0.4, -0.2) is 34.4 Å². The number of nitrogens with zero attached hydrogens (tertiary/aromatic N) is 1. The molecule has 1 N–H and O–H groups in total. The first kappa shape index (κ1) is 19.5. The maximum absolute atomic E-state index is 14.6. The molecule has 0 saturated carbocycles. The van der Waals surface area contributed by atoms with Gasteiger partial charge in [-0.25, -0.2) is 0 Å². The molecule has 1 fully saturated rings. The number of amides is 3. The van der Waals surface area contributed by atoms with Crippen molar-refractivity contribution in [3.8, 4) is 0 Å². The number of ketones is 1. The van der Waals surface area contributed by atoms with Crippen molar-refractivity contribution in [3.63, 3.8) is 0 Å². The van der Waals surface area contributed by atoms with Crippen LogP contribution in [0.1, 0.15) is 49.1 Å². The van der Waals surface area contributed by atoms with E-state index in [4.69, 9.17) is 14.3 Å². The van der Waals surface area contributed by atoms with Crippen molar-refractivity contribution in [1.82, 2.24) is 10.2 Å². The van der Waals surface area contributed by atoms with Gasteiger partial charge in [-0.15, -0.1) is 0 Å². The number of halogens is 3. The summed E-state index contributed by atoms with van der Waals surface area (Å²) in [5, 5.41) is 2.32. The summed E-state index contributed by atoms with van der Waals surface area (Å²) in [6, 6.07) is 6.90. The van der Waals surface area contributed by atoms with Crippen molar-refractivity contribution in [3.05, 3.63) is 69.7 Å². The number of alkyl halides is 2. The van der Waals surface area contributed by atoms with Crippen molar-refractivity contribution in [2.24, 2.45) is 0 Å². The molecule has 2 heterocycles. The summed E-state index contributed by atoms with van der Waals surface area (Å²) in [5.74, 6) is -7.21. The molecule has 32 heavy (non-hydrogen) atoms. The van der Waals surface area contributed by atoms with E-state index in [2.05, 4.69) is 5.32 Å². The number of carbonyl (C=O) groups is 4. The van der Waals surface area contributed by atoms with E-state index in [0.717, 1.165) is 17.0 Å². The molecule has 2 atom stereocenters. The summed E-state index contributed by atoms with van der Waals surface area (Å²) < 4.78 is 45.9. The zero-order valence-electron chi connectivity index (χ0n) is 18.7. The zero-order chi connectivity index (χ0) is 24.8. The molecule has 3 amide bonds. The average molecular weight is 463 g/mol. The van der Waals surface area contributed by atoms with Crippen LogP contribution in [0.5, 0.6) is 0 Å². The fourth-order valence-electron chi connectivity index (χ4n) is 3.71. The van der Waals surface area contributed by atoms with E-state index >= 15 is 0 Å². The quantitative estimate of drug-likeness (QED) is 0.667. The molecule has 2 aromatic rings. The Kier molecular flexibility index (Phi) is 5.15. The van der Waals surface area contributed by atoms with E-state index in [9.17, 15) is 28.0 Å². The number of hydrogen-bond donors (Lipinski definition) is 1. The third-order valence-corrected chi connectivity index (χ3v) is 5.70. The van der Waals surface area contributed by atoms with Gasteiger partial charge in [0.05, 0.1) is 1.37 Å². The van der Waals surface area contributed by atoms with E-state index < -0.39 is 53.8 Å². The summed E-state index contributed by atoms with van der Waals surface area (Å²) in [7, 11) is 0. The van der Waals surface area contributed by atoms with Gasteiger partial charge >= 0.3 is 5.92 Å². The predicted molar refractivity (Wildman–Crippen MR) is 111 cm³/mol. The molecule has 1 saturated heterocycles. The van der Waals surface area contributed by atoms with Gasteiger partial charge in [-0.1, -0.05) is 35.9 Å². The fraction of sp³-hybridized carbons (Fsp3) is 0.304. The molecular formula is C23H19ClF2N2O4. The number of Topliss-reactive ketones (excluding diaryl/α,β-unsaturated/α-hetero) is 1. The minimum Gasteiger partial charge on any atom is -0.322 e. The Balaban J connectivity index is 1.51. The Morgan fingerprint density at radius 2 is 1.94 bits per heavy atom. The number of benzene rings is 2. The van der Waals surface area contributed by atoms with Gasteiger partial charge in [0.2, 0.25) is 17.6 Å². The Bertz CT molecular complexity index is 1210. The van der Waals surface area contributed by atoms with Crippen LogP contribution < -0.4 is 5.32 Å². The second kappa shape index (κ2) is 8.43. The second-order valence-corrected chi connectivity index (χ2v) is 7.98. The molecule has 2 aliphatic heterocycles. The van der Waals surface area contributed by atoms with Crippen LogP contribution in [-0.2, 0) is 33.2 Å². The second-order valence-electron chi connectivity index (χ2n) is 7.54. The monoisotopic (exact) mass is 462 g/mol. The smallest absolute Gasteiger partial charge is 0.322 e. The van der Waals surface area contributed by atoms with Crippen molar-refractivity contribution in [2.75, 3.05) is 0 Å². The molecule has 0 spiro atoms. The predicted octanol–water partition coefficient (Wildman–Crippen LogP) is 3.39. The molecule has 2 aromatic carbocycles. The SMILES string of the molecule is [2H]C(CC(=O)C(F)(F)c1ccc(Cl)cc1)c1ccc2c(c1)CN([C@]1([2H])CCC(=O)NC1=O)C2=O. The third-order valence-electron chi connectivity index (χ3n) is 5.44. The summed E-state index contributed by atoms with van der Waals surface area (Å²) in [6.07, 6.45) is -2.32. The molecule has 0 bridgehead atoms. The fourth-order valence-corrected chi connectivity index (χ4v) is 3.83. The van der Waals surface area contributed by atoms with Gasteiger partial charge in [-0.2, -0.15) is 8.78 Å². The highest BCUT2D eigenvalue weighted by Gasteiger charge is 2.41. The number of piperidine rings is 1. The molecule has 1 unspecified atom stereocenters. The minimum atomic E-state index is -3.79. The first-order valence-electron chi connectivity index (χ1n) is 10.9. The van der Waals surface area contributed by atoms with Crippen LogP contribution >= 0.6 is 11.6 Å². The zero-order valence-corrected chi connectivity index (χ0v) is 17.4.